The van der Waals surface area contributed by atoms with E-state index in [1.165, 1.54) is 6.92 Å². The number of carbonyl (C=O) groups excluding carboxylic acids is 1. The van der Waals surface area contributed by atoms with Gasteiger partial charge in [-0.15, -0.1) is 0 Å². The first-order valence-electron chi connectivity index (χ1n) is 11.6. The first-order valence-corrected chi connectivity index (χ1v) is 14.5. The highest BCUT2D eigenvalue weighted by Crippen LogP contribution is 2.43. The molecule has 3 fully saturated rings. The lowest BCUT2D eigenvalue weighted by Gasteiger charge is -2.41. The summed E-state index contributed by atoms with van der Waals surface area (Å²) in [6.07, 6.45) is -1.37. The third-order valence-electron chi connectivity index (χ3n) is 6.82. The van der Waals surface area contributed by atoms with Crippen molar-refractivity contribution in [3.63, 3.8) is 0 Å². The molecule has 8 nitrogen and oxygen atoms in total. The summed E-state index contributed by atoms with van der Waals surface area (Å²) in [4.78, 5) is 11.4. The van der Waals surface area contributed by atoms with Crippen LogP contribution < -0.4 is 0 Å². The second-order valence-corrected chi connectivity index (χ2v) is 16.4. The van der Waals surface area contributed by atoms with Gasteiger partial charge in [-0.25, -0.2) is 0 Å². The summed E-state index contributed by atoms with van der Waals surface area (Å²) >= 11 is 0. The minimum atomic E-state index is -1.98. The molecule has 0 amide bonds. The molecule has 3 saturated heterocycles. The second-order valence-electron chi connectivity index (χ2n) is 11.6. The predicted octanol–water partition coefficient (Wildman–Crippen LogP) is 3.77. The number of rotatable bonds is 6. The molecule has 3 heterocycles. The average Bonchev–Trinajstić information content (AvgIpc) is 3.10. The van der Waals surface area contributed by atoms with Gasteiger partial charge in [-0.1, -0.05) is 20.8 Å². The molecule has 6 atom stereocenters. The van der Waals surface area contributed by atoms with Gasteiger partial charge in [0.2, 0.25) is 0 Å². The Labute approximate surface area is 193 Å². The van der Waals surface area contributed by atoms with Gasteiger partial charge in [-0.3, -0.25) is 4.79 Å². The molecule has 3 aliphatic rings. The summed E-state index contributed by atoms with van der Waals surface area (Å²) in [5, 5.41) is 0.0888. The topological polar surface area (TPSA) is 81.7 Å². The van der Waals surface area contributed by atoms with Gasteiger partial charge < -0.3 is 32.8 Å². The molecule has 0 saturated carbocycles. The van der Waals surface area contributed by atoms with Crippen LogP contribution in [-0.4, -0.2) is 75.7 Å². The van der Waals surface area contributed by atoms with Crippen LogP contribution >= 0.6 is 0 Å². The van der Waals surface area contributed by atoms with Crippen molar-refractivity contribution in [3.8, 4) is 0 Å². The fourth-order valence-corrected chi connectivity index (χ4v) is 5.31. The van der Waals surface area contributed by atoms with E-state index in [1.807, 2.05) is 27.7 Å². The second kappa shape index (κ2) is 8.91. The third kappa shape index (κ3) is 5.92. The van der Waals surface area contributed by atoms with Gasteiger partial charge in [-0.05, 0) is 45.8 Å². The third-order valence-corrected chi connectivity index (χ3v) is 11.3. The van der Waals surface area contributed by atoms with Crippen molar-refractivity contribution in [2.45, 2.75) is 128 Å². The Morgan fingerprint density at radius 2 is 1.53 bits per heavy atom. The lowest BCUT2D eigenvalue weighted by atomic mass is 9.92. The fourth-order valence-electron chi connectivity index (χ4n) is 4.30. The van der Waals surface area contributed by atoms with E-state index in [-0.39, 0.29) is 42.0 Å². The van der Waals surface area contributed by atoms with E-state index < -0.39 is 32.1 Å². The highest BCUT2D eigenvalue weighted by Gasteiger charge is 2.57. The van der Waals surface area contributed by atoms with Crippen molar-refractivity contribution in [1.29, 1.82) is 0 Å². The first kappa shape index (κ1) is 26.1. The molecule has 0 bridgehead atoms. The highest BCUT2D eigenvalue weighted by atomic mass is 28.4. The minimum absolute atomic E-state index is 0.0888. The van der Waals surface area contributed by atoms with Crippen LogP contribution in [0.15, 0.2) is 0 Å². The fraction of sp³-hybridized carbons (Fsp3) is 0.957. The zero-order chi connectivity index (χ0) is 24.1. The Morgan fingerprint density at radius 1 is 0.938 bits per heavy atom. The summed E-state index contributed by atoms with van der Waals surface area (Å²) in [5.41, 5.74) is 0. The zero-order valence-corrected chi connectivity index (χ0v) is 22.4. The Kier molecular flexibility index (Phi) is 7.25. The largest absolute Gasteiger partial charge is 0.463 e. The molecule has 0 N–H and O–H groups in total. The zero-order valence-electron chi connectivity index (χ0n) is 21.4. The van der Waals surface area contributed by atoms with Gasteiger partial charge in [0.05, 0.1) is 18.8 Å². The van der Waals surface area contributed by atoms with E-state index in [4.69, 9.17) is 32.8 Å². The molecule has 32 heavy (non-hydrogen) atoms. The summed E-state index contributed by atoms with van der Waals surface area (Å²) in [5.74, 6) is -1.84. The molecule has 0 unspecified atom stereocenters. The maximum absolute atomic E-state index is 11.4. The number of esters is 1. The van der Waals surface area contributed by atoms with Crippen LogP contribution in [-0.2, 0) is 37.6 Å². The molecule has 0 spiro atoms. The molecule has 0 aromatic carbocycles. The van der Waals surface area contributed by atoms with Crippen LogP contribution in [0.2, 0.25) is 18.1 Å². The van der Waals surface area contributed by atoms with Crippen LogP contribution in [0.1, 0.15) is 61.8 Å². The van der Waals surface area contributed by atoms with Gasteiger partial charge in [0.25, 0.3) is 0 Å². The molecule has 0 aromatic rings. The molecular weight excluding hydrogens is 432 g/mol. The molecule has 3 aliphatic heterocycles. The van der Waals surface area contributed by atoms with Crippen molar-refractivity contribution in [3.05, 3.63) is 0 Å². The van der Waals surface area contributed by atoms with Gasteiger partial charge in [0.1, 0.15) is 31.0 Å². The molecule has 186 valence electrons. The maximum Gasteiger partial charge on any atom is 0.302 e. The Hall–Kier alpha value is -0.553. The summed E-state index contributed by atoms with van der Waals surface area (Å²) in [6, 6.07) is 0. The number of carbonyl (C=O) groups is 1. The molecule has 3 rings (SSSR count). The van der Waals surface area contributed by atoms with Gasteiger partial charge in [-0.2, -0.15) is 0 Å². The lowest BCUT2D eigenvalue weighted by Crippen LogP contribution is -2.56. The summed E-state index contributed by atoms with van der Waals surface area (Å²) in [7, 11) is -1.98. The Morgan fingerprint density at radius 3 is 2.12 bits per heavy atom. The van der Waals surface area contributed by atoms with Crippen molar-refractivity contribution >= 4 is 14.3 Å². The van der Waals surface area contributed by atoms with E-state index in [1.54, 1.807) is 0 Å². The van der Waals surface area contributed by atoms with Gasteiger partial charge >= 0.3 is 5.97 Å². The SMILES string of the molecule is CC(=O)OC[C@H]1C[C@H]2OC(C)(C)O[C@H]2[C@H]([C@H]2OC(C)(C)O[C@@H]2CO[Si](C)(C)C(C)(C)C)O1. The normalized spacial score (nSPS) is 36.7. The first-order chi connectivity index (χ1) is 14.5. The van der Waals surface area contributed by atoms with Crippen molar-refractivity contribution in [2.75, 3.05) is 13.2 Å². The van der Waals surface area contributed by atoms with Crippen LogP contribution in [0, 0.1) is 0 Å². The Bertz CT molecular complexity index is 686. The van der Waals surface area contributed by atoms with E-state index in [2.05, 4.69) is 33.9 Å². The van der Waals surface area contributed by atoms with E-state index in [0.717, 1.165) is 0 Å². The van der Waals surface area contributed by atoms with Crippen molar-refractivity contribution in [2.24, 2.45) is 0 Å². The van der Waals surface area contributed by atoms with E-state index >= 15 is 0 Å². The van der Waals surface area contributed by atoms with Crippen LogP contribution in [0.4, 0.5) is 0 Å². The molecule has 9 heteroatoms. The molecular formula is C23H42O8Si. The van der Waals surface area contributed by atoms with Crippen LogP contribution in [0.5, 0.6) is 0 Å². The number of ether oxygens (including phenoxy) is 6. The summed E-state index contributed by atoms with van der Waals surface area (Å²) in [6.45, 7) is 20.7. The predicted molar refractivity (Wildman–Crippen MR) is 121 cm³/mol. The number of hydrogen-bond donors (Lipinski definition) is 0. The average molecular weight is 475 g/mol. The van der Waals surface area contributed by atoms with Gasteiger partial charge in [0.15, 0.2) is 19.9 Å². The van der Waals surface area contributed by atoms with E-state index in [0.29, 0.717) is 13.0 Å². The van der Waals surface area contributed by atoms with Gasteiger partial charge in [0, 0.05) is 13.3 Å². The molecule has 0 radical (unpaired) electrons. The standard InChI is InChI=1S/C23H42O8Si/c1-14(24)25-12-15-11-16-18(30-22(5,6)28-16)20(27-15)19-17(29-23(7,8)31-19)13-26-32(9,10)21(2,3)4/h15-20H,11-13H2,1-10H3/t15-,16-,17-,18-,19+,20-/m1/s1. The summed E-state index contributed by atoms with van der Waals surface area (Å²) < 4.78 is 43.2. The van der Waals surface area contributed by atoms with Crippen molar-refractivity contribution in [1.82, 2.24) is 0 Å². The number of fused-ring (bicyclic) bond motifs is 1. The van der Waals surface area contributed by atoms with E-state index in [9.17, 15) is 4.79 Å². The smallest absolute Gasteiger partial charge is 0.302 e. The Balaban J connectivity index is 1.80. The molecule has 0 aromatic heterocycles. The monoisotopic (exact) mass is 474 g/mol. The highest BCUT2D eigenvalue weighted by molar-refractivity contribution is 6.74. The molecule has 0 aliphatic carbocycles. The number of hydrogen-bond acceptors (Lipinski definition) is 8. The minimum Gasteiger partial charge on any atom is -0.463 e. The van der Waals surface area contributed by atoms with Crippen LogP contribution in [0.25, 0.3) is 0 Å². The van der Waals surface area contributed by atoms with Crippen LogP contribution in [0.3, 0.4) is 0 Å². The lowest BCUT2D eigenvalue weighted by molar-refractivity contribution is -0.210. The maximum atomic E-state index is 11.4. The van der Waals surface area contributed by atoms with Crippen molar-refractivity contribution < 1.29 is 37.6 Å². The quantitative estimate of drug-likeness (QED) is 0.425.